The Morgan fingerprint density at radius 3 is 2.28 bits per heavy atom. The molecule has 1 amide bonds. The second-order valence-corrected chi connectivity index (χ2v) is 6.26. The predicted octanol–water partition coefficient (Wildman–Crippen LogP) is 3.23. The summed E-state index contributed by atoms with van der Waals surface area (Å²) < 4.78 is 5.65. The Bertz CT molecular complexity index is 817. The lowest BCUT2D eigenvalue weighted by molar-refractivity contribution is -0.141. The van der Waals surface area contributed by atoms with Crippen molar-refractivity contribution in [1.29, 1.82) is 0 Å². The lowest BCUT2D eigenvalue weighted by Crippen LogP contribution is -2.44. The van der Waals surface area contributed by atoms with Crippen molar-refractivity contribution in [2.24, 2.45) is 0 Å². The molecule has 1 saturated carbocycles. The number of carboxylic acid groups (broad SMARTS) is 1. The highest BCUT2D eigenvalue weighted by molar-refractivity contribution is 5.96. The fraction of sp³-hybridized carbons (Fsp3) is 0.316. The van der Waals surface area contributed by atoms with E-state index in [1.54, 1.807) is 36.4 Å². The van der Waals surface area contributed by atoms with Crippen LogP contribution in [-0.2, 0) is 4.79 Å². The number of Topliss-reactive ketones (excluding diaryl/α,β-unsaturated/α-hetero) is 1. The van der Waals surface area contributed by atoms with Crippen molar-refractivity contribution in [2.75, 3.05) is 0 Å². The van der Waals surface area contributed by atoms with Gasteiger partial charge in [0.25, 0.3) is 5.91 Å². The number of ketones is 1. The van der Waals surface area contributed by atoms with Crippen molar-refractivity contribution in [2.45, 2.75) is 38.8 Å². The van der Waals surface area contributed by atoms with Gasteiger partial charge >= 0.3 is 5.97 Å². The SMILES string of the molecule is CC(=O)c1ccc(-c2ccc(C(=O)N(C3CC3)C(C)C(=O)O)o2)cc1. The first-order valence-electron chi connectivity index (χ1n) is 8.15. The van der Waals surface area contributed by atoms with Crippen LogP contribution in [0.15, 0.2) is 40.8 Å². The summed E-state index contributed by atoms with van der Waals surface area (Å²) in [5, 5.41) is 9.23. The van der Waals surface area contributed by atoms with Crippen molar-refractivity contribution in [1.82, 2.24) is 4.90 Å². The Labute approximate surface area is 145 Å². The highest BCUT2D eigenvalue weighted by Gasteiger charge is 2.39. The van der Waals surface area contributed by atoms with Crippen LogP contribution in [0.3, 0.4) is 0 Å². The van der Waals surface area contributed by atoms with Gasteiger partial charge in [-0.15, -0.1) is 0 Å². The van der Waals surface area contributed by atoms with Gasteiger partial charge in [0.2, 0.25) is 0 Å². The molecule has 1 aromatic heterocycles. The van der Waals surface area contributed by atoms with E-state index in [9.17, 15) is 19.5 Å². The molecule has 0 aliphatic heterocycles. The van der Waals surface area contributed by atoms with Crippen molar-refractivity contribution in [3.05, 3.63) is 47.7 Å². The van der Waals surface area contributed by atoms with Gasteiger partial charge in [-0.2, -0.15) is 0 Å². The summed E-state index contributed by atoms with van der Waals surface area (Å²) in [6.07, 6.45) is 1.62. The predicted molar refractivity (Wildman–Crippen MR) is 90.4 cm³/mol. The third-order valence-corrected chi connectivity index (χ3v) is 4.34. The van der Waals surface area contributed by atoms with Crippen LogP contribution < -0.4 is 0 Å². The van der Waals surface area contributed by atoms with Gasteiger partial charge in [-0.3, -0.25) is 9.59 Å². The number of benzene rings is 1. The van der Waals surface area contributed by atoms with Gasteiger partial charge in [0.05, 0.1) is 0 Å². The van der Waals surface area contributed by atoms with Gasteiger partial charge in [-0.1, -0.05) is 24.3 Å². The van der Waals surface area contributed by atoms with Crippen LogP contribution >= 0.6 is 0 Å². The normalized spacial score (nSPS) is 14.8. The molecule has 6 nitrogen and oxygen atoms in total. The van der Waals surface area contributed by atoms with E-state index in [0.29, 0.717) is 11.3 Å². The molecular weight excluding hydrogens is 322 g/mol. The molecule has 25 heavy (non-hydrogen) atoms. The highest BCUT2D eigenvalue weighted by atomic mass is 16.4. The van der Waals surface area contributed by atoms with E-state index in [0.717, 1.165) is 18.4 Å². The topological polar surface area (TPSA) is 87.8 Å². The number of carbonyl (C=O) groups excluding carboxylic acids is 2. The van der Waals surface area contributed by atoms with Crippen LogP contribution in [0.2, 0.25) is 0 Å². The minimum Gasteiger partial charge on any atom is -0.480 e. The van der Waals surface area contributed by atoms with Crippen LogP contribution in [-0.4, -0.2) is 39.7 Å². The van der Waals surface area contributed by atoms with Crippen molar-refractivity contribution < 1.29 is 23.9 Å². The fourth-order valence-corrected chi connectivity index (χ4v) is 2.73. The maximum atomic E-state index is 12.7. The molecule has 0 saturated heterocycles. The number of nitrogens with zero attached hydrogens (tertiary/aromatic N) is 1. The average Bonchev–Trinajstić information content (AvgIpc) is 3.29. The Kier molecular flexibility index (Phi) is 4.44. The van der Waals surface area contributed by atoms with Crippen molar-refractivity contribution in [3.8, 4) is 11.3 Å². The molecule has 1 N–H and O–H groups in total. The summed E-state index contributed by atoms with van der Waals surface area (Å²) in [4.78, 5) is 36.7. The number of carboxylic acids is 1. The summed E-state index contributed by atoms with van der Waals surface area (Å²) >= 11 is 0. The van der Waals surface area contributed by atoms with Crippen LogP contribution in [0.4, 0.5) is 0 Å². The first kappa shape index (κ1) is 17.0. The monoisotopic (exact) mass is 341 g/mol. The van der Waals surface area contributed by atoms with Gasteiger partial charge in [-0.05, 0) is 38.8 Å². The quantitative estimate of drug-likeness (QED) is 0.815. The number of rotatable bonds is 6. The fourth-order valence-electron chi connectivity index (χ4n) is 2.73. The summed E-state index contributed by atoms with van der Waals surface area (Å²) in [7, 11) is 0. The van der Waals surface area contributed by atoms with Gasteiger partial charge in [-0.25, -0.2) is 4.79 Å². The largest absolute Gasteiger partial charge is 0.480 e. The number of carbonyl (C=O) groups is 3. The highest BCUT2D eigenvalue weighted by Crippen LogP contribution is 2.31. The van der Waals surface area contributed by atoms with Gasteiger partial charge in [0.1, 0.15) is 11.8 Å². The molecule has 3 rings (SSSR count). The third kappa shape index (κ3) is 3.47. The Morgan fingerprint density at radius 1 is 1.12 bits per heavy atom. The first-order valence-corrected chi connectivity index (χ1v) is 8.15. The van der Waals surface area contributed by atoms with Crippen LogP contribution in [0, 0.1) is 0 Å². The summed E-state index contributed by atoms with van der Waals surface area (Å²) in [6.45, 7) is 3.00. The molecule has 0 spiro atoms. The van der Waals surface area contributed by atoms with Crippen molar-refractivity contribution in [3.63, 3.8) is 0 Å². The van der Waals surface area contributed by atoms with Crippen LogP contribution in [0.25, 0.3) is 11.3 Å². The summed E-state index contributed by atoms with van der Waals surface area (Å²) in [5.74, 6) is -0.858. The maximum Gasteiger partial charge on any atom is 0.326 e. The van der Waals surface area contributed by atoms with E-state index in [2.05, 4.69) is 0 Å². The number of furan rings is 1. The number of amides is 1. The molecule has 1 aliphatic carbocycles. The lowest BCUT2D eigenvalue weighted by atomic mass is 10.1. The van der Waals surface area contributed by atoms with E-state index in [-0.39, 0.29) is 17.6 Å². The van der Waals surface area contributed by atoms with Crippen LogP contribution in [0.1, 0.15) is 47.6 Å². The van der Waals surface area contributed by atoms with Crippen LogP contribution in [0.5, 0.6) is 0 Å². The molecule has 1 atom stereocenters. The molecule has 1 aromatic carbocycles. The van der Waals surface area contributed by atoms with E-state index in [1.165, 1.54) is 18.7 Å². The summed E-state index contributed by atoms with van der Waals surface area (Å²) in [6, 6.07) is 9.19. The Balaban J connectivity index is 1.83. The van der Waals surface area contributed by atoms with E-state index < -0.39 is 17.9 Å². The van der Waals surface area contributed by atoms with E-state index in [1.807, 2.05) is 0 Å². The second kappa shape index (κ2) is 6.55. The second-order valence-electron chi connectivity index (χ2n) is 6.26. The van der Waals surface area contributed by atoms with E-state index >= 15 is 0 Å². The zero-order chi connectivity index (χ0) is 18.1. The smallest absolute Gasteiger partial charge is 0.326 e. The molecular formula is C19H19NO5. The molecule has 1 aliphatic rings. The number of aliphatic carboxylic acids is 1. The average molecular weight is 341 g/mol. The zero-order valence-electron chi connectivity index (χ0n) is 14.1. The number of hydrogen-bond donors (Lipinski definition) is 1. The zero-order valence-corrected chi connectivity index (χ0v) is 14.1. The molecule has 6 heteroatoms. The summed E-state index contributed by atoms with van der Waals surface area (Å²) in [5.41, 5.74) is 1.34. The lowest BCUT2D eigenvalue weighted by Gasteiger charge is -2.25. The van der Waals surface area contributed by atoms with Gasteiger partial charge in [0, 0.05) is 17.2 Å². The van der Waals surface area contributed by atoms with Crippen molar-refractivity contribution >= 4 is 17.7 Å². The molecule has 130 valence electrons. The molecule has 0 bridgehead atoms. The molecule has 1 heterocycles. The Hall–Kier alpha value is -2.89. The Morgan fingerprint density at radius 2 is 1.76 bits per heavy atom. The van der Waals surface area contributed by atoms with Gasteiger partial charge in [0.15, 0.2) is 11.5 Å². The molecule has 1 fully saturated rings. The van der Waals surface area contributed by atoms with Gasteiger partial charge < -0.3 is 14.4 Å². The van der Waals surface area contributed by atoms with E-state index in [4.69, 9.17) is 4.42 Å². The maximum absolute atomic E-state index is 12.7. The minimum atomic E-state index is -1.04. The molecule has 1 unspecified atom stereocenters. The molecule has 0 radical (unpaired) electrons. The molecule has 2 aromatic rings. The standard InChI is InChI=1S/C19H19NO5/c1-11(19(23)24)20(15-7-8-15)18(22)17-10-9-16(25-17)14-5-3-13(4-6-14)12(2)21/h3-6,9-11,15H,7-8H2,1-2H3,(H,23,24). The number of hydrogen-bond acceptors (Lipinski definition) is 4. The first-order chi connectivity index (χ1) is 11.9. The third-order valence-electron chi connectivity index (χ3n) is 4.34. The minimum absolute atomic E-state index is 0.0235.